The van der Waals surface area contributed by atoms with E-state index in [9.17, 15) is 14.0 Å². The van der Waals surface area contributed by atoms with Gasteiger partial charge in [0, 0.05) is 32.2 Å². The molecule has 0 bridgehead atoms. The molecule has 27 heavy (non-hydrogen) atoms. The number of aromatic nitrogens is 2. The van der Waals surface area contributed by atoms with Crippen LogP contribution in [0.5, 0.6) is 0 Å². The van der Waals surface area contributed by atoms with Crippen molar-refractivity contribution in [3.63, 3.8) is 0 Å². The minimum absolute atomic E-state index is 0.0460. The predicted molar refractivity (Wildman–Crippen MR) is 99.4 cm³/mol. The number of hydrogen-bond donors (Lipinski definition) is 2. The molecule has 3 rings (SSSR count). The summed E-state index contributed by atoms with van der Waals surface area (Å²) in [7, 11) is 0. The fourth-order valence-electron chi connectivity index (χ4n) is 3.20. The Morgan fingerprint density at radius 1 is 1.33 bits per heavy atom. The van der Waals surface area contributed by atoms with Crippen LogP contribution >= 0.6 is 0 Å². The van der Waals surface area contributed by atoms with Gasteiger partial charge in [-0.1, -0.05) is 19.1 Å². The first-order valence-electron chi connectivity index (χ1n) is 9.14. The minimum Gasteiger partial charge on any atom is -0.353 e. The lowest BCUT2D eigenvalue weighted by atomic mass is 10.1. The van der Waals surface area contributed by atoms with Crippen LogP contribution in [-0.4, -0.2) is 45.6 Å². The Morgan fingerprint density at radius 3 is 2.85 bits per heavy atom. The Labute approximate surface area is 157 Å². The quantitative estimate of drug-likeness (QED) is 0.775. The highest BCUT2D eigenvalue weighted by Crippen LogP contribution is 2.16. The molecule has 2 N–H and O–H groups in total. The Morgan fingerprint density at radius 2 is 2.11 bits per heavy atom. The van der Waals surface area contributed by atoms with Crippen molar-refractivity contribution >= 4 is 17.6 Å². The fraction of sp³-hybridized carbons (Fsp3) is 0.421. The molecule has 2 aromatic rings. The number of nitrogens with zero attached hydrogens (tertiary/aromatic N) is 3. The molecular weight excluding hydrogens is 349 g/mol. The Balaban J connectivity index is 1.65. The largest absolute Gasteiger partial charge is 0.353 e. The van der Waals surface area contributed by atoms with Gasteiger partial charge in [0.1, 0.15) is 11.6 Å². The van der Waals surface area contributed by atoms with Crippen molar-refractivity contribution in [2.75, 3.05) is 18.4 Å². The van der Waals surface area contributed by atoms with Crippen molar-refractivity contribution in [3.8, 4) is 0 Å². The summed E-state index contributed by atoms with van der Waals surface area (Å²) in [6, 6.07) is 7.37. The molecule has 2 amide bonds. The lowest BCUT2D eigenvalue weighted by molar-refractivity contribution is -0.132. The maximum atomic E-state index is 13.1. The number of anilines is 1. The molecule has 0 radical (unpaired) electrons. The summed E-state index contributed by atoms with van der Waals surface area (Å²) in [4.78, 5) is 26.8. The van der Waals surface area contributed by atoms with Crippen LogP contribution in [0.1, 0.15) is 25.3 Å². The van der Waals surface area contributed by atoms with Gasteiger partial charge in [-0.25, -0.2) is 9.07 Å². The number of halogens is 1. The van der Waals surface area contributed by atoms with E-state index in [2.05, 4.69) is 15.7 Å². The third-order valence-electron chi connectivity index (χ3n) is 4.54. The zero-order chi connectivity index (χ0) is 19.2. The van der Waals surface area contributed by atoms with E-state index in [1.165, 1.54) is 12.1 Å². The topological polar surface area (TPSA) is 79.3 Å². The molecule has 1 fully saturated rings. The predicted octanol–water partition coefficient (Wildman–Crippen LogP) is 1.76. The average Bonchev–Trinajstić information content (AvgIpc) is 3.07. The lowest BCUT2D eigenvalue weighted by Gasteiger charge is -2.34. The standard InChI is InChI=1S/C19H24FN5O2/c1-2-10-25-17(7-8-22-25)23-18(26)12-16-19(27)21-9-11-24(16)13-14-3-5-15(20)6-4-14/h3-8,16H,2,9-13H2,1H3,(H,21,27)(H,23,26). The van der Waals surface area contributed by atoms with Crippen LogP contribution in [-0.2, 0) is 22.7 Å². The van der Waals surface area contributed by atoms with Crippen molar-refractivity contribution in [1.29, 1.82) is 0 Å². The third-order valence-corrected chi connectivity index (χ3v) is 4.54. The number of carbonyl (C=O) groups is 2. The summed E-state index contributed by atoms with van der Waals surface area (Å²) in [6.07, 6.45) is 2.59. The number of hydrogen-bond acceptors (Lipinski definition) is 4. The molecule has 1 atom stereocenters. The first-order chi connectivity index (χ1) is 13.1. The second kappa shape index (κ2) is 8.77. The highest BCUT2D eigenvalue weighted by molar-refractivity contribution is 5.95. The van der Waals surface area contributed by atoms with E-state index < -0.39 is 6.04 Å². The molecule has 2 heterocycles. The lowest BCUT2D eigenvalue weighted by Crippen LogP contribution is -2.55. The van der Waals surface area contributed by atoms with Gasteiger partial charge in [0.15, 0.2) is 0 Å². The molecule has 0 aliphatic carbocycles. The molecule has 1 unspecified atom stereocenters. The van der Waals surface area contributed by atoms with Crippen LogP contribution < -0.4 is 10.6 Å². The summed E-state index contributed by atoms with van der Waals surface area (Å²) >= 11 is 0. The average molecular weight is 373 g/mol. The number of nitrogens with one attached hydrogen (secondary N) is 2. The molecule has 8 heteroatoms. The van der Waals surface area contributed by atoms with Gasteiger partial charge in [-0.2, -0.15) is 5.10 Å². The number of amides is 2. The van der Waals surface area contributed by atoms with Gasteiger partial charge in [0.05, 0.1) is 18.7 Å². The van der Waals surface area contributed by atoms with Crippen molar-refractivity contribution in [1.82, 2.24) is 20.0 Å². The number of aryl methyl sites for hydroxylation is 1. The molecular formula is C19H24FN5O2. The third kappa shape index (κ3) is 4.91. The molecule has 1 aliphatic rings. The van der Waals surface area contributed by atoms with Gasteiger partial charge in [0.25, 0.3) is 0 Å². The summed E-state index contributed by atoms with van der Waals surface area (Å²) in [5.74, 6) is -0.0718. The Bertz CT molecular complexity index is 790. The summed E-state index contributed by atoms with van der Waals surface area (Å²) in [5, 5.41) is 9.84. The summed E-state index contributed by atoms with van der Waals surface area (Å²) in [5.41, 5.74) is 0.900. The molecule has 1 aromatic heterocycles. The van der Waals surface area contributed by atoms with E-state index in [4.69, 9.17) is 0 Å². The highest BCUT2D eigenvalue weighted by atomic mass is 19.1. The van der Waals surface area contributed by atoms with Gasteiger partial charge >= 0.3 is 0 Å². The molecule has 7 nitrogen and oxygen atoms in total. The van der Waals surface area contributed by atoms with Gasteiger partial charge < -0.3 is 10.6 Å². The fourth-order valence-corrected chi connectivity index (χ4v) is 3.20. The smallest absolute Gasteiger partial charge is 0.237 e. The number of carbonyl (C=O) groups excluding carboxylic acids is 2. The molecule has 1 aliphatic heterocycles. The van der Waals surface area contributed by atoms with Crippen molar-refractivity contribution in [2.45, 2.75) is 38.9 Å². The molecule has 1 aromatic carbocycles. The van der Waals surface area contributed by atoms with E-state index in [0.717, 1.165) is 12.0 Å². The normalized spacial score (nSPS) is 17.6. The van der Waals surface area contributed by atoms with Crippen LogP contribution in [0.25, 0.3) is 0 Å². The van der Waals surface area contributed by atoms with Gasteiger partial charge in [-0.3, -0.25) is 14.5 Å². The molecule has 0 saturated carbocycles. The van der Waals surface area contributed by atoms with E-state index in [1.807, 2.05) is 11.8 Å². The van der Waals surface area contributed by atoms with Crippen LogP contribution in [0.2, 0.25) is 0 Å². The van der Waals surface area contributed by atoms with Crippen LogP contribution in [0, 0.1) is 5.82 Å². The Hall–Kier alpha value is -2.74. The van der Waals surface area contributed by atoms with E-state index >= 15 is 0 Å². The molecule has 1 saturated heterocycles. The van der Waals surface area contributed by atoms with Gasteiger partial charge in [0.2, 0.25) is 11.8 Å². The zero-order valence-corrected chi connectivity index (χ0v) is 15.3. The van der Waals surface area contributed by atoms with Crippen molar-refractivity contribution in [2.24, 2.45) is 0 Å². The van der Waals surface area contributed by atoms with Crippen LogP contribution in [0.3, 0.4) is 0 Å². The summed E-state index contributed by atoms with van der Waals surface area (Å²) < 4.78 is 14.8. The maximum Gasteiger partial charge on any atom is 0.237 e. The second-order valence-electron chi connectivity index (χ2n) is 6.60. The van der Waals surface area contributed by atoms with Crippen molar-refractivity contribution < 1.29 is 14.0 Å². The molecule has 0 spiro atoms. The monoisotopic (exact) mass is 373 g/mol. The number of rotatable bonds is 7. The van der Waals surface area contributed by atoms with Crippen LogP contribution in [0.4, 0.5) is 10.2 Å². The first-order valence-corrected chi connectivity index (χ1v) is 9.14. The molecule has 144 valence electrons. The summed E-state index contributed by atoms with van der Waals surface area (Å²) in [6.45, 7) is 4.39. The van der Waals surface area contributed by atoms with E-state index in [-0.39, 0.29) is 24.1 Å². The zero-order valence-electron chi connectivity index (χ0n) is 15.3. The number of piperazine rings is 1. The second-order valence-corrected chi connectivity index (χ2v) is 6.60. The number of benzene rings is 1. The maximum absolute atomic E-state index is 13.1. The SMILES string of the molecule is CCCn1nccc1NC(=O)CC1C(=O)NCCN1Cc1ccc(F)cc1. The van der Waals surface area contributed by atoms with Gasteiger partial charge in [-0.05, 0) is 24.1 Å². The van der Waals surface area contributed by atoms with E-state index in [1.54, 1.807) is 29.1 Å². The Kier molecular flexibility index (Phi) is 6.18. The van der Waals surface area contributed by atoms with Gasteiger partial charge in [-0.15, -0.1) is 0 Å². The first kappa shape index (κ1) is 19.0. The highest BCUT2D eigenvalue weighted by Gasteiger charge is 2.31. The van der Waals surface area contributed by atoms with Crippen LogP contribution in [0.15, 0.2) is 36.5 Å². The van der Waals surface area contributed by atoms with E-state index in [0.29, 0.717) is 32.0 Å². The minimum atomic E-state index is -0.564. The van der Waals surface area contributed by atoms with Crippen molar-refractivity contribution in [3.05, 3.63) is 47.9 Å².